The molecule has 0 heterocycles. The first kappa shape index (κ1) is 96.2. The number of esters is 4. The number of phosphoric acid groups is 2. The monoisotopic (exact) mass is 1450 g/mol. The first-order valence-electron chi connectivity index (χ1n) is 39.8. The van der Waals surface area contributed by atoms with Gasteiger partial charge >= 0.3 is 39.5 Å². The minimum Gasteiger partial charge on any atom is -0.462 e. The summed E-state index contributed by atoms with van der Waals surface area (Å²) in [4.78, 5) is 72.9. The van der Waals surface area contributed by atoms with E-state index in [0.29, 0.717) is 32.1 Å². The number of carbonyl (C=O) groups is 4. The van der Waals surface area contributed by atoms with Gasteiger partial charge in [0.25, 0.3) is 0 Å². The van der Waals surface area contributed by atoms with E-state index in [-0.39, 0.29) is 25.7 Å². The van der Waals surface area contributed by atoms with Crippen molar-refractivity contribution in [2.24, 2.45) is 0 Å². The Labute approximate surface area is 608 Å². The number of phosphoric ester groups is 2. The van der Waals surface area contributed by atoms with E-state index in [0.717, 1.165) is 128 Å². The van der Waals surface area contributed by atoms with Crippen molar-refractivity contribution in [3.63, 3.8) is 0 Å². The summed E-state index contributed by atoms with van der Waals surface area (Å²) >= 11 is 0. The SMILES string of the molecule is CCCCC/C=C\C/C=C\C/C=C\C/C=C\CCCC(=O)O[C@H](COC(=O)CCCCCCC/C=C\CCCCCCCC)COP(=O)(O)OC[C@@H](O)COP(=O)(O)OC[C@@H](COC(=O)CCCCCCC/C=C\C=C/CCCCCC)OC(=O)CCCCCCCCCCCCCCC. The van der Waals surface area contributed by atoms with Gasteiger partial charge in [0.15, 0.2) is 12.2 Å². The molecule has 0 saturated heterocycles. The zero-order chi connectivity index (χ0) is 73.2. The van der Waals surface area contributed by atoms with Crippen molar-refractivity contribution in [2.75, 3.05) is 39.6 Å². The molecule has 19 heteroatoms. The van der Waals surface area contributed by atoms with Crippen molar-refractivity contribution >= 4 is 39.5 Å². The fourth-order valence-electron chi connectivity index (χ4n) is 10.7. The van der Waals surface area contributed by atoms with Gasteiger partial charge in [0, 0.05) is 25.7 Å². The standard InChI is InChI=1S/C81H144O17P2/c1-5-9-13-17-21-25-29-33-36-37-40-44-48-52-56-60-64-68-81(86)98-77(72-92-79(84)66-62-58-54-50-46-43-39-35-31-27-23-19-15-11-7-3)74-96-100(89,90)94-70-75(82)69-93-99(87,88)95-73-76(97-80(85)67-63-59-55-51-47-41-32-28-24-20-16-12-8-4)71-91-78(83)65-61-57-53-49-45-42-38-34-30-26-22-18-14-10-6-2/h21,25-26,30,33-36,38-40,44,52,56,75-77,82H,5-20,22-24,27-29,31-32,37,41-43,45-51,53-55,57-74H2,1-4H3,(H,87,88)(H,89,90)/b25-21-,30-26-,36-33-,38-34-,39-35-,44-40-,56-52-/t75-,76+,77+/m0/s1. The lowest BCUT2D eigenvalue weighted by Gasteiger charge is -2.21. The second-order valence-electron chi connectivity index (χ2n) is 26.7. The Morgan fingerprint density at radius 2 is 0.530 bits per heavy atom. The number of allylic oxidation sites excluding steroid dienone is 14. The summed E-state index contributed by atoms with van der Waals surface area (Å²) in [5.74, 6) is -2.24. The van der Waals surface area contributed by atoms with Gasteiger partial charge in [-0.25, -0.2) is 9.13 Å². The predicted octanol–water partition coefficient (Wildman–Crippen LogP) is 23.0. The summed E-state index contributed by atoms with van der Waals surface area (Å²) in [6.07, 6.45) is 75.7. The molecule has 3 N–H and O–H groups in total. The minimum absolute atomic E-state index is 0.0191. The maximum atomic E-state index is 13.1. The van der Waals surface area contributed by atoms with Crippen LogP contribution >= 0.6 is 15.6 Å². The van der Waals surface area contributed by atoms with E-state index in [1.807, 2.05) is 12.2 Å². The molecule has 100 heavy (non-hydrogen) atoms. The Morgan fingerprint density at radius 3 is 0.890 bits per heavy atom. The molecule has 0 amide bonds. The third kappa shape index (κ3) is 72.6. The van der Waals surface area contributed by atoms with Crippen molar-refractivity contribution in [1.29, 1.82) is 0 Å². The number of hydrogen-bond acceptors (Lipinski definition) is 15. The molecule has 0 rings (SSSR count). The van der Waals surface area contributed by atoms with Crippen LogP contribution in [0.4, 0.5) is 0 Å². The number of rotatable bonds is 75. The molecule has 5 atom stereocenters. The number of aliphatic hydroxyl groups is 1. The maximum absolute atomic E-state index is 13.1. The van der Waals surface area contributed by atoms with Gasteiger partial charge in [-0.1, -0.05) is 293 Å². The number of ether oxygens (including phenoxy) is 4. The molecule has 0 aromatic carbocycles. The summed E-state index contributed by atoms with van der Waals surface area (Å²) in [6, 6.07) is 0. The zero-order valence-corrected chi connectivity index (χ0v) is 65.2. The molecule has 0 aliphatic rings. The molecule has 0 bridgehead atoms. The molecule has 0 spiro atoms. The van der Waals surface area contributed by atoms with Crippen molar-refractivity contribution in [3.05, 3.63) is 85.1 Å². The largest absolute Gasteiger partial charge is 0.472 e. The van der Waals surface area contributed by atoms with Crippen molar-refractivity contribution in [1.82, 2.24) is 0 Å². The molecule has 0 aromatic rings. The van der Waals surface area contributed by atoms with Crippen LogP contribution in [0.25, 0.3) is 0 Å². The fourth-order valence-corrected chi connectivity index (χ4v) is 12.3. The summed E-state index contributed by atoms with van der Waals surface area (Å²) < 4.78 is 68.5. The average molecular weight is 1450 g/mol. The van der Waals surface area contributed by atoms with Crippen LogP contribution in [-0.2, 0) is 65.4 Å². The van der Waals surface area contributed by atoms with Gasteiger partial charge in [-0.15, -0.1) is 0 Å². The number of hydrogen-bond donors (Lipinski definition) is 3. The lowest BCUT2D eigenvalue weighted by atomic mass is 10.0. The van der Waals surface area contributed by atoms with Gasteiger partial charge in [-0.3, -0.25) is 37.3 Å². The predicted molar refractivity (Wildman–Crippen MR) is 409 cm³/mol. The van der Waals surface area contributed by atoms with Crippen LogP contribution in [0.1, 0.15) is 349 Å². The number of aliphatic hydroxyl groups excluding tert-OH is 1. The molecule has 2 unspecified atom stereocenters. The van der Waals surface area contributed by atoms with E-state index >= 15 is 0 Å². The topological polar surface area (TPSA) is 237 Å². The van der Waals surface area contributed by atoms with Crippen molar-refractivity contribution in [3.8, 4) is 0 Å². The van der Waals surface area contributed by atoms with Crippen LogP contribution < -0.4 is 0 Å². The fraction of sp³-hybridized carbons (Fsp3) is 0.778. The van der Waals surface area contributed by atoms with Crippen LogP contribution in [0.2, 0.25) is 0 Å². The Balaban J connectivity index is 5.40. The van der Waals surface area contributed by atoms with Crippen LogP contribution in [0.3, 0.4) is 0 Å². The molecule has 0 aliphatic carbocycles. The molecular formula is C81H144O17P2. The molecule has 0 fully saturated rings. The molecule has 17 nitrogen and oxygen atoms in total. The highest BCUT2D eigenvalue weighted by Gasteiger charge is 2.30. The summed E-state index contributed by atoms with van der Waals surface area (Å²) in [5, 5.41) is 10.6. The smallest absolute Gasteiger partial charge is 0.462 e. The van der Waals surface area contributed by atoms with E-state index in [1.165, 1.54) is 135 Å². The quantitative estimate of drug-likeness (QED) is 0.0128. The van der Waals surface area contributed by atoms with E-state index in [1.54, 1.807) is 0 Å². The Bertz CT molecular complexity index is 2230. The van der Waals surface area contributed by atoms with E-state index in [4.69, 9.17) is 37.0 Å². The molecule has 0 aromatic heterocycles. The molecule has 0 saturated carbocycles. The van der Waals surface area contributed by atoms with E-state index < -0.39 is 97.5 Å². The zero-order valence-electron chi connectivity index (χ0n) is 63.4. The van der Waals surface area contributed by atoms with Gasteiger partial charge in [0.05, 0.1) is 26.4 Å². The molecular weight excluding hydrogens is 1310 g/mol. The highest BCUT2D eigenvalue weighted by Crippen LogP contribution is 2.45. The summed E-state index contributed by atoms with van der Waals surface area (Å²) in [5.41, 5.74) is 0. The lowest BCUT2D eigenvalue weighted by Crippen LogP contribution is -2.30. The third-order valence-electron chi connectivity index (χ3n) is 16.9. The molecule has 0 aliphatic heterocycles. The maximum Gasteiger partial charge on any atom is 0.472 e. The van der Waals surface area contributed by atoms with Gasteiger partial charge < -0.3 is 33.8 Å². The highest BCUT2D eigenvalue weighted by molar-refractivity contribution is 7.47. The van der Waals surface area contributed by atoms with Gasteiger partial charge in [0.2, 0.25) is 0 Å². The second-order valence-corrected chi connectivity index (χ2v) is 29.6. The van der Waals surface area contributed by atoms with Crippen molar-refractivity contribution < 1.29 is 80.2 Å². The highest BCUT2D eigenvalue weighted by atomic mass is 31.2. The Morgan fingerprint density at radius 1 is 0.290 bits per heavy atom. The normalized spacial score (nSPS) is 14.3. The second kappa shape index (κ2) is 73.5. The lowest BCUT2D eigenvalue weighted by molar-refractivity contribution is -0.161. The van der Waals surface area contributed by atoms with Gasteiger partial charge in [0.1, 0.15) is 19.3 Å². The van der Waals surface area contributed by atoms with Crippen molar-refractivity contribution in [2.45, 2.75) is 367 Å². The van der Waals surface area contributed by atoms with Gasteiger partial charge in [-0.2, -0.15) is 0 Å². The summed E-state index contributed by atoms with van der Waals surface area (Å²) in [6.45, 7) is 4.78. The summed E-state index contributed by atoms with van der Waals surface area (Å²) in [7, 11) is -9.97. The Kier molecular flexibility index (Phi) is 70.8. The number of unbranched alkanes of at least 4 members (excludes halogenated alkanes) is 36. The third-order valence-corrected chi connectivity index (χ3v) is 18.8. The van der Waals surface area contributed by atoms with Crippen LogP contribution in [0.15, 0.2) is 85.1 Å². The van der Waals surface area contributed by atoms with E-state index in [9.17, 15) is 43.2 Å². The minimum atomic E-state index is -4.99. The first-order chi connectivity index (χ1) is 48.7. The van der Waals surface area contributed by atoms with E-state index in [2.05, 4.69) is 101 Å². The number of carbonyl (C=O) groups excluding carboxylic acids is 4. The van der Waals surface area contributed by atoms with Crippen LogP contribution in [0, 0.1) is 0 Å². The van der Waals surface area contributed by atoms with Crippen LogP contribution in [-0.4, -0.2) is 96.7 Å². The van der Waals surface area contributed by atoms with Crippen LogP contribution in [0.5, 0.6) is 0 Å². The average Bonchev–Trinajstić information content (AvgIpc) is 0.962. The first-order valence-corrected chi connectivity index (χ1v) is 42.8. The Hall–Kier alpha value is -3.76. The van der Waals surface area contributed by atoms with Gasteiger partial charge in [-0.05, 0) is 116 Å². The molecule has 0 radical (unpaired) electrons. The molecule has 580 valence electrons.